The Morgan fingerprint density at radius 2 is 1.78 bits per heavy atom. The van der Waals surface area contributed by atoms with Gasteiger partial charge in [-0.3, -0.25) is 9.59 Å². The molecular formula is C28H25N3O5. The van der Waals surface area contributed by atoms with E-state index < -0.39 is 11.9 Å². The van der Waals surface area contributed by atoms with Gasteiger partial charge in [-0.2, -0.15) is 10.1 Å². The molecule has 0 aromatic heterocycles. The molecule has 0 saturated carbocycles. The molecule has 0 aliphatic carbocycles. The van der Waals surface area contributed by atoms with Gasteiger partial charge >= 0.3 is 5.97 Å². The van der Waals surface area contributed by atoms with E-state index in [9.17, 15) is 19.5 Å². The quantitative estimate of drug-likeness (QED) is 0.468. The molecule has 3 aromatic carbocycles. The van der Waals surface area contributed by atoms with Crippen molar-refractivity contribution in [2.24, 2.45) is 5.10 Å². The predicted octanol–water partition coefficient (Wildman–Crippen LogP) is 4.83. The van der Waals surface area contributed by atoms with Crippen molar-refractivity contribution in [3.63, 3.8) is 0 Å². The molecule has 0 fully saturated rings. The molecule has 0 radical (unpaired) electrons. The second-order valence-corrected chi connectivity index (χ2v) is 8.39. The Labute approximate surface area is 208 Å². The standard InChI is InChI=1S/C28H25N3O5/c1-17-11-12-22(13-18(17)2)29-26(32)16-36-25-10-5-4-7-20(25)15-24-19(3)30-31(27(24)33)23-9-6-8-21(14-23)28(34)35/h4-15H,16H2,1-3H3,(H,29,32)(H,34,35). The average molecular weight is 484 g/mol. The number of aromatic carboxylic acids is 1. The molecule has 1 heterocycles. The van der Waals surface area contributed by atoms with E-state index >= 15 is 0 Å². The third-order valence-electron chi connectivity index (χ3n) is 5.77. The minimum atomic E-state index is -1.09. The van der Waals surface area contributed by atoms with E-state index in [0.29, 0.717) is 34.0 Å². The number of hydrogen-bond donors (Lipinski definition) is 2. The summed E-state index contributed by atoms with van der Waals surface area (Å²) in [5.74, 6) is -1.35. The third kappa shape index (κ3) is 5.33. The molecule has 8 heteroatoms. The SMILES string of the molecule is CC1=NN(c2cccc(C(=O)O)c2)C(=O)C1=Cc1ccccc1OCC(=O)Nc1ccc(C)c(C)c1. The van der Waals surface area contributed by atoms with Gasteiger partial charge in [0.25, 0.3) is 11.8 Å². The van der Waals surface area contributed by atoms with Gasteiger partial charge in [-0.1, -0.05) is 30.3 Å². The Kier molecular flexibility index (Phi) is 6.96. The van der Waals surface area contributed by atoms with Crippen LogP contribution < -0.4 is 15.1 Å². The number of rotatable bonds is 7. The number of anilines is 2. The molecule has 4 rings (SSSR count). The highest BCUT2D eigenvalue weighted by molar-refractivity contribution is 6.32. The lowest BCUT2D eigenvalue weighted by molar-refractivity contribution is -0.118. The fourth-order valence-corrected chi connectivity index (χ4v) is 3.68. The third-order valence-corrected chi connectivity index (χ3v) is 5.77. The van der Waals surface area contributed by atoms with Crippen molar-refractivity contribution in [1.29, 1.82) is 0 Å². The molecule has 0 unspecified atom stereocenters. The minimum absolute atomic E-state index is 0.0587. The fourth-order valence-electron chi connectivity index (χ4n) is 3.68. The maximum Gasteiger partial charge on any atom is 0.335 e. The first-order valence-electron chi connectivity index (χ1n) is 11.3. The van der Waals surface area contributed by atoms with E-state index in [-0.39, 0.29) is 18.1 Å². The number of carboxylic acids is 1. The van der Waals surface area contributed by atoms with Gasteiger partial charge in [0.15, 0.2) is 6.61 Å². The van der Waals surface area contributed by atoms with E-state index in [1.54, 1.807) is 49.4 Å². The largest absolute Gasteiger partial charge is 0.483 e. The highest BCUT2D eigenvalue weighted by Gasteiger charge is 2.29. The number of hydrazone groups is 1. The number of nitrogens with zero attached hydrogens (tertiary/aromatic N) is 2. The number of carbonyl (C=O) groups is 3. The summed E-state index contributed by atoms with van der Waals surface area (Å²) in [5, 5.41) is 17.6. The predicted molar refractivity (Wildman–Crippen MR) is 138 cm³/mol. The van der Waals surface area contributed by atoms with Crippen molar-refractivity contribution in [2.75, 3.05) is 16.9 Å². The number of benzene rings is 3. The van der Waals surface area contributed by atoms with Crippen LogP contribution in [-0.4, -0.2) is 35.2 Å². The lowest BCUT2D eigenvalue weighted by Crippen LogP contribution is -2.22. The maximum absolute atomic E-state index is 13.1. The van der Waals surface area contributed by atoms with Crippen LogP contribution in [0.15, 0.2) is 77.4 Å². The van der Waals surface area contributed by atoms with Crippen LogP contribution in [0.2, 0.25) is 0 Å². The zero-order valence-corrected chi connectivity index (χ0v) is 20.1. The van der Waals surface area contributed by atoms with E-state index in [1.807, 2.05) is 32.0 Å². The average Bonchev–Trinajstić information content (AvgIpc) is 3.14. The Morgan fingerprint density at radius 3 is 2.53 bits per heavy atom. The summed E-state index contributed by atoms with van der Waals surface area (Å²) in [6.45, 7) is 5.47. The summed E-state index contributed by atoms with van der Waals surface area (Å²) >= 11 is 0. The van der Waals surface area contributed by atoms with Crippen molar-refractivity contribution in [3.8, 4) is 5.75 Å². The van der Waals surface area contributed by atoms with Crippen LogP contribution in [0.5, 0.6) is 5.75 Å². The van der Waals surface area contributed by atoms with Gasteiger partial charge in [-0.25, -0.2) is 4.79 Å². The highest BCUT2D eigenvalue weighted by atomic mass is 16.5. The number of nitrogens with one attached hydrogen (secondary N) is 1. The number of amides is 2. The molecule has 0 atom stereocenters. The Bertz CT molecular complexity index is 1420. The molecule has 1 aliphatic heterocycles. The van der Waals surface area contributed by atoms with Gasteiger partial charge in [0.2, 0.25) is 0 Å². The van der Waals surface area contributed by atoms with Gasteiger partial charge in [-0.15, -0.1) is 0 Å². The normalized spacial score (nSPS) is 14.1. The minimum Gasteiger partial charge on any atom is -0.483 e. The smallest absolute Gasteiger partial charge is 0.335 e. The maximum atomic E-state index is 13.1. The summed E-state index contributed by atoms with van der Waals surface area (Å²) in [4.78, 5) is 36.9. The Hall–Kier alpha value is -4.72. The summed E-state index contributed by atoms with van der Waals surface area (Å²) in [6, 6.07) is 18.8. The van der Waals surface area contributed by atoms with Crippen molar-refractivity contribution in [1.82, 2.24) is 0 Å². The van der Waals surface area contributed by atoms with E-state index in [0.717, 1.165) is 11.1 Å². The Morgan fingerprint density at radius 1 is 1.00 bits per heavy atom. The van der Waals surface area contributed by atoms with Crippen LogP contribution in [0.4, 0.5) is 11.4 Å². The van der Waals surface area contributed by atoms with Gasteiger partial charge in [-0.05, 0) is 74.4 Å². The molecule has 2 N–H and O–H groups in total. The lowest BCUT2D eigenvalue weighted by atomic mass is 10.1. The second kappa shape index (κ2) is 10.3. The van der Waals surface area contributed by atoms with Crippen LogP contribution in [0.3, 0.4) is 0 Å². The number of ether oxygens (including phenoxy) is 1. The van der Waals surface area contributed by atoms with Crippen LogP contribution in [0, 0.1) is 13.8 Å². The van der Waals surface area contributed by atoms with Crippen molar-refractivity contribution in [3.05, 3.63) is 94.6 Å². The molecule has 8 nitrogen and oxygen atoms in total. The Balaban J connectivity index is 1.50. The number of carbonyl (C=O) groups excluding carboxylic acids is 2. The summed E-state index contributed by atoms with van der Waals surface area (Å²) in [7, 11) is 0. The molecular weight excluding hydrogens is 458 g/mol. The zero-order chi connectivity index (χ0) is 25.8. The first-order chi connectivity index (χ1) is 17.2. The van der Waals surface area contributed by atoms with Gasteiger partial charge in [0.1, 0.15) is 5.75 Å². The van der Waals surface area contributed by atoms with Crippen LogP contribution in [0.25, 0.3) is 6.08 Å². The van der Waals surface area contributed by atoms with Gasteiger partial charge < -0.3 is 15.2 Å². The molecule has 36 heavy (non-hydrogen) atoms. The van der Waals surface area contributed by atoms with E-state index in [1.165, 1.54) is 17.1 Å². The van der Waals surface area contributed by atoms with Crippen molar-refractivity contribution < 1.29 is 24.2 Å². The van der Waals surface area contributed by atoms with E-state index in [4.69, 9.17) is 4.74 Å². The second-order valence-electron chi connectivity index (χ2n) is 8.39. The number of para-hydroxylation sites is 1. The molecule has 3 aromatic rings. The molecule has 1 aliphatic rings. The van der Waals surface area contributed by atoms with Crippen LogP contribution in [-0.2, 0) is 9.59 Å². The van der Waals surface area contributed by atoms with Crippen molar-refractivity contribution in [2.45, 2.75) is 20.8 Å². The van der Waals surface area contributed by atoms with Gasteiger partial charge in [0, 0.05) is 11.3 Å². The van der Waals surface area contributed by atoms with Crippen LogP contribution >= 0.6 is 0 Å². The lowest BCUT2D eigenvalue weighted by Gasteiger charge is -2.13. The molecule has 0 bridgehead atoms. The number of carboxylic acid groups (broad SMARTS) is 1. The van der Waals surface area contributed by atoms with E-state index in [2.05, 4.69) is 10.4 Å². The first kappa shape index (κ1) is 24.4. The number of aryl methyl sites for hydroxylation is 2. The molecule has 2 amide bonds. The molecule has 0 spiro atoms. The van der Waals surface area contributed by atoms with Crippen molar-refractivity contribution >= 4 is 40.9 Å². The fraction of sp³-hybridized carbons (Fsp3) is 0.143. The highest BCUT2D eigenvalue weighted by Crippen LogP contribution is 2.28. The monoisotopic (exact) mass is 483 g/mol. The zero-order valence-electron chi connectivity index (χ0n) is 20.1. The first-order valence-corrected chi connectivity index (χ1v) is 11.3. The number of hydrogen-bond acceptors (Lipinski definition) is 5. The van der Waals surface area contributed by atoms with Crippen LogP contribution in [0.1, 0.15) is 34.0 Å². The summed E-state index contributed by atoms with van der Waals surface area (Å²) in [5.41, 5.74) is 4.74. The van der Waals surface area contributed by atoms with Gasteiger partial charge in [0.05, 0.1) is 22.5 Å². The summed E-state index contributed by atoms with van der Waals surface area (Å²) in [6.07, 6.45) is 1.65. The summed E-state index contributed by atoms with van der Waals surface area (Å²) < 4.78 is 5.77. The topological polar surface area (TPSA) is 108 Å². The molecule has 182 valence electrons. The molecule has 0 saturated heterocycles.